The number of hydrogen-bond donors (Lipinski definition) is 1. The summed E-state index contributed by atoms with van der Waals surface area (Å²) in [5, 5.41) is 9.15. The summed E-state index contributed by atoms with van der Waals surface area (Å²) in [6.07, 6.45) is 2.47. The lowest BCUT2D eigenvalue weighted by Gasteiger charge is -2.08. The summed E-state index contributed by atoms with van der Waals surface area (Å²) >= 11 is 1.45. The molecule has 0 aliphatic rings. The van der Waals surface area contributed by atoms with Gasteiger partial charge in [0.1, 0.15) is 5.82 Å². The maximum Gasteiger partial charge on any atom is 0.355 e. The van der Waals surface area contributed by atoms with Crippen molar-refractivity contribution in [2.75, 3.05) is 19.5 Å². The molecule has 0 amide bonds. The quantitative estimate of drug-likeness (QED) is 0.606. The van der Waals surface area contributed by atoms with Crippen LogP contribution in [0.2, 0.25) is 0 Å². The van der Waals surface area contributed by atoms with Gasteiger partial charge in [-0.3, -0.25) is 0 Å². The lowest BCUT2D eigenvalue weighted by molar-refractivity contribution is 0.0685. The Morgan fingerprint density at radius 1 is 1.56 bits per heavy atom. The zero-order chi connectivity index (χ0) is 13.5. The number of nitrogens with zero attached hydrogens (tertiary/aromatic N) is 2. The first-order chi connectivity index (χ1) is 8.56. The molecule has 1 aromatic heterocycles. The highest BCUT2D eigenvalue weighted by atomic mass is 32.2. The predicted molar refractivity (Wildman–Crippen MR) is 70.3 cm³/mol. The molecule has 0 aromatic carbocycles. The summed E-state index contributed by atoms with van der Waals surface area (Å²) in [6.45, 7) is 4.54. The van der Waals surface area contributed by atoms with Crippen LogP contribution in [0.15, 0.2) is 11.1 Å². The number of carboxylic acids is 1. The number of aromatic nitrogens is 2. The predicted octanol–water partition coefficient (Wildman–Crippen LogP) is 2.43. The molecule has 0 unspecified atom stereocenters. The largest absolute Gasteiger partial charge is 0.476 e. The third-order valence-corrected chi connectivity index (χ3v) is 3.35. The highest BCUT2D eigenvalue weighted by Crippen LogP contribution is 2.23. The number of aromatic carboxylic acids is 1. The lowest BCUT2D eigenvalue weighted by Crippen LogP contribution is -2.08. The SMILES string of the molecule is COCCCSc1cnc(C(C)C)nc1C(=O)O. The molecule has 1 N–H and O–H groups in total. The van der Waals surface area contributed by atoms with Crippen molar-refractivity contribution in [1.29, 1.82) is 0 Å². The van der Waals surface area contributed by atoms with E-state index in [-0.39, 0.29) is 11.6 Å². The van der Waals surface area contributed by atoms with Crippen LogP contribution in [0.3, 0.4) is 0 Å². The van der Waals surface area contributed by atoms with Gasteiger partial charge in [-0.05, 0) is 6.42 Å². The molecular formula is C12H18N2O3S. The van der Waals surface area contributed by atoms with E-state index >= 15 is 0 Å². The smallest absolute Gasteiger partial charge is 0.355 e. The van der Waals surface area contributed by atoms with Gasteiger partial charge in [0.15, 0.2) is 5.69 Å². The maximum absolute atomic E-state index is 11.2. The van der Waals surface area contributed by atoms with Crippen LogP contribution in [-0.2, 0) is 4.74 Å². The fraction of sp³-hybridized carbons (Fsp3) is 0.583. The van der Waals surface area contributed by atoms with Crippen molar-refractivity contribution >= 4 is 17.7 Å². The monoisotopic (exact) mass is 270 g/mol. The van der Waals surface area contributed by atoms with Gasteiger partial charge in [0, 0.05) is 31.6 Å². The van der Waals surface area contributed by atoms with Crippen LogP contribution >= 0.6 is 11.8 Å². The molecule has 1 rings (SSSR count). The van der Waals surface area contributed by atoms with E-state index in [4.69, 9.17) is 9.84 Å². The lowest BCUT2D eigenvalue weighted by atomic mass is 10.2. The number of rotatable bonds is 7. The van der Waals surface area contributed by atoms with Crippen LogP contribution in [-0.4, -0.2) is 40.5 Å². The van der Waals surface area contributed by atoms with Gasteiger partial charge in [-0.1, -0.05) is 13.8 Å². The van der Waals surface area contributed by atoms with Crippen LogP contribution in [0.25, 0.3) is 0 Å². The van der Waals surface area contributed by atoms with Gasteiger partial charge in [-0.25, -0.2) is 14.8 Å². The average Bonchev–Trinajstić information content (AvgIpc) is 2.34. The fourth-order valence-corrected chi connectivity index (χ4v) is 2.19. The fourth-order valence-electron chi connectivity index (χ4n) is 1.31. The second-order valence-electron chi connectivity index (χ2n) is 4.10. The van der Waals surface area contributed by atoms with Gasteiger partial charge in [0.05, 0.1) is 4.90 Å². The standard InChI is InChI=1S/C12H18N2O3S/c1-8(2)11-13-7-9(10(14-11)12(15)16)18-6-4-5-17-3/h7-8H,4-6H2,1-3H3,(H,15,16). The molecule has 1 aromatic rings. The number of carbonyl (C=O) groups is 1. The van der Waals surface area contributed by atoms with Crippen LogP contribution in [0, 0.1) is 0 Å². The van der Waals surface area contributed by atoms with Crippen LogP contribution in [0.1, 0.15) is 42.5 Å². The van der Waals surface area contributed by atoms with E-state index in [0.29, 0.717) is 17.3 Å². The molecular weight excluding hydrogens is 252 g/mol. The summed E-state index contributed by atoms with van der Waals surface area (Å²) in [5.74, 6) is 0.469. The molecule has 0 spiro atoms. The van der Waals surface area contributed by atoms with Crippen molar-refractivity contribution in [3.8, 4) is 0 Å². The Morgan fingerprint density at radius 3 is 2.83 bits per heavy atom. The van der Waals surface area contributed by atoms with E-state index in [9.17, 15) is 4.79 Å². The van der Waals surface area contributed by atoms with Crippen LogP contribution in [0.5, 0.6) is 0 Å². The Morgan fingerprint density at radius 2 is 2.28 bits per heavy atom. The molecule has 18 heavy (non-hydrogen) atoms. The van der Waals surface area contributed by atoms with Crippen molar-refractivity contribution < 1.29 is 14.6 Å². The Labute approximate surface area is 111 Å². The van der Waals surface area contributed by atoms with Gasteiger partial charge in [0.2, 0.25) is 0 Å². The van der Waals surface area contributed by atoms with E-state index < -0.39 is 5.97 Å². The minimum absolute atomic E-state index is 0.0936. The van der Waals surface area contributed by atoms with E-state index in [0.717, 1.165) is 12.2 Å². The molecule has 0 aliphatic carbocycles. The third-order valence-electron chi connectivity index (χ3n) is 2.24. The van der Waals surface area contributed by atoms with Gasteiger partial charge in [0.25, 0.3) is 0 Å². The first-order valence-corrected chi connectivity index (χ1v) is 6.76. The minimum atomic E-state index is -1.01. The topological polar surface area (TPSA) is 72.3 Å². The van der Waals surface area contributed by atoms with Crippen LogP contribution in [0.4, 0.5) is 0 Å². The first kappa shape index (κ1) is 14.9. The molecule has 0 saturated heterocycles. The first-order valence-electron chi connectivity index (χ1n) is 5.78. The molecule has 100 valence electrons. The molecule has 1 heterocycles. The Kier molecular flexibility index (Phi) is 6.07. The van der Waals surface area contributed by atoms with E-state index in [1.54, 1.807) is 13.3 Å². The molecule has 0 bridgehead atoms. The number of methoxy groups -OCH3 is 1. The summed E-state index contributed by atoms with van der Waals surface area (Å²) in [6, 6.07) is 0. The number of carboxylic acid groups (broad SMARTS) is 1. The number of hydrogen-bond acceptors (Lipinski definition) is 5. The second-order valence-corrected chi connectivity index (χ2v) is 5.23. The minimum Gasteiger partial charge on any atom is -0.476 e. The molecule has 5 nitrogen and oxygen atoms in total. The third kappa shape index (κ3) is 4.27. The molecule has 0 fully saturated rings. The molecule has 0 aliphatic heterocycles. The number of ether oxygens (including phenoxy) is 1. The van der Waals surface area contributed by atoms with Crippen molar-refractivity contribution in [2.45, 2.75) is 31.1 Å². The number of thioether (sulfide) groups is 1. The Balaban J connectivity index is 2.80. The molecule has 6 heteroatoms. The van der Waals surface area contributed by atoms with E-state index in [1.165, 1.54) is 11.8 Å². The second kappa shape index (κ2) is 7.33. The van der Waals surface area contributed by atoms with Gasteiger partial charge in [-0.2, -0.15) is 0 Å². The molecule has 0 atom stereocenters. The van der Waals surface area contributed by atoms with Gasteiger partial charge in [-0.15, -0.1) is 11.8 Å². The average molecular weight is 270 g/mol. The zero-order valence-electron chi connectivity index (χ0n) is 10.8. The van der Waals surface area contributed by atoms with E-state index in [2.05, 4.69) is 9.97 Å². The molecule has 0 radical (unpaired) electrons. The normalized spacial score (nSPS) is 10.9. The zero-order valence-corrected chi connectivity index (χ0v) is 11.7. The maximum atomic E-state index is 11.2. The Bertz CT molecular complexity index is 410. The van der Waals surface area contributed by atoms with Gasteiger partial charge < -0.3 is 9.84 Å². The van der Waals surface area contributed by atoms with Crippen molar-refractivity contribution in [2.24, 2.45) is 0 Å². The van der Waals surface area contributed by atoms with Crippen LogP contribution < -0.4 is 0 Å². The Hall–Kier alpha value is -1.14. The summed E-state index contributed by atoms with van der Waals surface area (Å²) in [7, 11) is 1.65. The highest BCUT2D eigenvalue weighted by Gasteiger charge is 2.15. The highest BCUT2D eigenvalue weighted by molar-refractivity contribution is 7.99. The summed E-state index contributed by atoms with van der Waals surface area (Å²) in [4.78, 5) is 20.1. The summed E-state index contributed by atoms with van der Waals surface area (Å²) in [5.41, 5.74) is 0.0936. The molecule has 0 saturated carbocycles. The van der Waals surface area contributed by atoms with Gasteiger partial charge >= 0.3 is 5.97 Å². The van der Waals surface area contributed by atoms with Crippen molar-refractivity contribution in [3.63, 3.8) is 0 Å². The van der Waals surface area contributed by atoms with Crippen molar-refractivity contribution in [1.82, 2.24) is 9.97 Å². The van der Waals surface area contributed by atoms with E-state index in [1.807, 2.05) is 13.8 Å². The van der Waals surface area contributed by atoms with Crippen molar-refractivity contribution in [3.05, 3.63) is 17.7 Å². The summed E-state index contributed by atoms with van der Waals surface area (Å²) < 4.78 is 4.95.